The van der Waals surface area contributed by atoms with E-state index >= 15 is 0 Å². The van der Waals surface area contributed by atoms with E-state index in [1.165, 1.54) is 6.26 Å². The summed E-state index contributed by atoms with van der Waals surface area (Å²) in [6.07, 6.45) is 3.54. The van der Waals surface area contributed by atoms with Gasteiger partial charge in [0.25, 0.3) is 0 Å². The molecule has 70 valence electrons. The third-order valence-corrected chi connectivity index (χ3v) is 1.41. The number of hydrogen-bond donors (Lipinski definition) is 0. The largest absolute Gasteiger partial charge is 0.426 e. The monoisotopic (exact) mass is 188 g/mol. The smallest absolute Gasteiger partial charge is 0.418 e. The highest BCUT2D eigenvalue weighted by Crippen LogP contribution is 2.00. The molecule has 0 unspecified atom stereocenters. The molecule has 0 fully saturated rings. The van der Waals surface area contributed by atoms with Crippen molar-refractivity contribution < 1.29 is 14.3 Å². The molecular weight excluding hydrogens is 180 g/mol. The van der Waals surface area contributed by atoms with E-state index in [9.17, 15) is 4.79 Å². The minimum Gasteiger partial charge on any atom is -0.426 e. The lowest BCUT2D eigenvalue weighted by molar-refractivity contribution is -0.133. The Kier molecular flexibility index (Phi) is 3.86. The maximum Gasteiger partial charge on any atom is 0.418 e. The number of carbonyl (C=O) groups is 1. The van der Waals surface area contributed by atoms with Crippen LogP contribution < -0.4 is 0 Å². The van der Waals surface area contributed by atoms with E-state index in [0.717, 1.165) is 5.56 Å². The fraction of sp³-hybridized carbons (Fsp3) is 0. The molecule has 1 aromatic carbocycles. The molecule has 0 bridgehead atoms. The highest BCUT2D eigenvalue weighted by Gasteiger charge is 1.98. The fourth-order valence-corrected chi connectivity index (χ4v) is 0.821. The molecule has 4 heteroatoms. The van der Waals surface area contributed by atoms with Gasteiger partial charge in [-0.25, -0.2) is 4.79 Å². The van der Waals surface area contributed by atoms with Crippen molar-refractivity contribution in [2.45, 2.75) is 0 Å². The van der Waals surface area contributed by atoms with Crippen LogP contribution in [0.2, 0.25) is 0 Å². The molecule has 1 aromatic rings. The van der Waals surface area contributed by atoms with Crippen molar-refractivity contribution >= 4 is 18.3 Å². The van der Waals surface area contributed by atoms with Crippen LogP contribution in [0.5, 0.6) is 0 Å². The van der Waals surface area contributed by atoms with E-state index in [-0.39, 0.29) is 0 Å². The molecule has 0 saturated heterocycles. The maximum absolute atomic E-state index is 10.7. The highest BCUT2D eigenvalue weighted by atomic mass is 16.5. The van der Waals surface area contributed by atoms with Gasteiger partial charge in [0.05, 0.1) is 6.26 Å². The van der Waals surface area contributed by atoms with E-state index in [1.807, 2.05) is 30.3 Å². The standard InChI is InChI=1S/C10H8N2O2/c11-12-8-10(13)14-7-6-9-4-2-1-3-5-9/h1-8H. The quantitative estimate of drug-likeness (QED) is 0.237. The van der Waals surface area contributed by atoms with Crippen LogP contribution in [-0.4, -0.2) is 17.0 Å². The first-order chi connectivity index (χ1) is 6.83. The fourth-order valence-electron chi connectivity index (χ4n) is 0.821. The van der Waals surface area contributed by atoms with Crippen LogP contribution in [0.3, 0.4) is 0 Å². The second-order valence-corrected chi connectivity index (χ2v) is 2.39. The molecule has 0 amide bonds. The van der Waals surface area contributed by atoms with Gasteiger partial charge in [-0.2, -0.15) is 4.79 Å². The van der Waals surface area contributed by atoms with E-state index < -0.39 is 5.97 Å². The Bertz CT molecular complexity index is 378. The number of benzene rings is 1. The molecule has 0 aliphatic carbocycles. The predicted octanol–water partition coefficient (Wildman–Crippen LogP) is 1.50. The maximum atomic E-state index is 10.7. The lowest BCUT2D eigenvalue weighted by atomic mass is 10.2. The molecule has 0 aliphatic rings. The number of ether oxygens (including phenoxy) is 1. The van der Waals surface area contributed by atoms with Crippen LogP contribution in [-0.2, 0) is 9.53 Å². The van der Waals surface area contributed by atoms with Gasteiger partial charge in [-0.15, -0.1) is 0 Å². The summed E-state index contributed by atoms with van der Waals surface area (Å²) < 4.78 is 4.56. The Morgan fingerprint density at radius 3 is 2.71 bits per heavy atom. The van der Waals surface area contributed by atoms with Gasteiger partial charge in [-0.05, 0) is 11.6 Å². The summed E-state index contributed by atoms with van der Waals surface area (Å²) in [5, 5.41) is 0. The molecule has 0 aromatic heterocycles. The minimum absolute atomic E-state index is 0.676. The van der Waals surface area contributed by atoms with Gasteiger partial charge >= 0.3 is 12.2 Å². The molecule has 0 spiro atoms. The van der Waals surface area contributed by atoms with Gasteiger partial charge in [-0.1, -0.05) is 30.3 Å². The van der Waals surface area contributed by atoms with Crippen LogP contribution in [0.25, 0.3) is 11.6 Å². The summed E-state index contributed by atoms with van der Waals surface area (Å²) in [6.45, 7) is 0. The normalized spacial score (nSPS) is 9.43. The predicted molar refractivity (Wildman–Crippen MR) is 51.3 cm³/mol. The van der Waals surface area contributed by atoms with Gasteiger partial charge in [-0.3, -0.25) is 0 Å². The van der Waals surface area contributed by atoms with Crippen molar-refractivity contribution in [1.82, 2.24) is 0 Å². The molecule has 4 nitrogen and oxygen atoms in total. The molecule has 1 rings (SSSR count). The minimum atomic E-state index is -0.723. The third-order valence-electron chi connectivity index (χ3n) is 1.41. The first kappa shape index (κ1) is 9.89. The number of esters is 1. The van der Waals surface area contributed by atoms with E-state index in [1.54, 1.807) is 6.08 Å². The Morgan fingerprint density at radius 1 is 1.36 bits per heavy atom. The zero-order chi connectivity index (χ0) is 10.2. The molecule has 0 radical (unpaired) electrons. The van der Waals surface area contributed by atoms with Crippen molar-refractivity contribution in [3.05, 3.63) is 47.7 Å². The number of nitrogens with zero attached hydrogens (tertiary/aromatic N) is 2. The van der Waals surface area contributed by atoms with Gasteiger partial charge in [0.15, 0.2) is 0 Å². The summed E-state index contributed by atoms with van der Waals surface area (Å²) in [7, 11) is 0. The summed E-state index contributed by atoms with van der Waals surface area (Å²) in [6, 6.07) is 9.37. The van der Waals surface area contributed by atoms with Crippen molar-refractivity contribution in [2.24, 2.45) is 0 Å². The van der Waals surface area contributed by atoms with E-state index in [2.05, 4.69) is 9.53 Å². The summed E-state index contributed by atoms with van der Waals surface area (Å²) >= 11 is 0. The topological polar surface area (TPSA) is 62.7 Å². The van der Waals surface area contributed by atoms with Gasteiger partial charge in [0.2, 0.25) is 0 Å². The summed E-state index contributed by atoms with van der Waals surface area (Å²) in [5.41, 5.74) is 8.92. The highest BCUT2D eigenvalue weighted by molar-refractivity contribution is 6.20. The molecule has 14 heavy (non-hydrogen) atoms. The first-order valence-electron chi connectivity index (χ1n) is 3.92. The van der Waals surface area contributed by atoms with Crippen molar-refractivity contribution in [3.63, 3.8) is 0 Å². The van der Waals surface area contributed by atoms with Crippen molar-refractivity contribution in [3.8, 4) is 0 Å². The average Bonchev–Trinajstić information content (AvgIpc) is 2.20. The zero-order valence-corrected chi connectivity index (χ0v) is 7.33. The summed E-state index contributed by atoms with van der Waals surface area (Å²) in [5.74, 6) is -0.723. The Balaban J connectivity index is 2.50. The van der Waals surface area contributed by atoms with Crippen LogP contribution in [0, 0.1) is 0 Å². The SMILES string of the molecule is [N-]=[N+]=CC(=O)OC=Cc1ccccc1. The Hall–Kier alpha value is -2.19. The Labute approximate surface area is 81.1 Å². The van der Waals surface area contributed by atoms with Gasteiger partial charge < -0.3 is 10.3 Å². The summed E-state index contributed by atoms with van der Waals surface area (Å²) in [4.78, 5) is 13.2. The van der Waals surface area contributed by atoms with E-state index in [4.69, 9.17) is 5.53 Å². The van der Waals surface area contributed by atoms with Crippen LogP contribution in [0.15, 0.2) is 36.6 Å². The second kappa shape index (κ2) is 5.45. The van der Waals surface area contributed by atoms with Crippen LogP contribution in [0.1, 0.15) is 5.56 Å². The molecular formula is C10H8N2O2. The second-order valence-electron chi connectivity index (χ2n) is 2.39. The third kappa shape index (κ3) is 3.47. The van der Waals surface area contributed by atoms with Crippen molar-refractivity contribution in [2.75, 3.05) is 0 Å². The zero-order valence-electron chi connectivity index (χ0n) is 7.33. The van der Waals surface area contributed by atoms with Gasteiger partial charge in [0, 0.05) is 0 Å². The molecule has 0 N–H and O–H groups in total. The molecule has 0 atom stereocenters. The average molecular weight is 188 g/mol. The number of carbonyl (C=O) groups excluding carboxylic acids is 1. The molecule has 0 saturated carbocycles. The first-order valence-corrected chi connectivity index (χ1v) is 3.92. The number of hydrogen-bond acceptors (Lipinski definition) is 2. The van der Waals surface area contributed by atoms with Gasteiger partial charge in [0.1, 0.15) is 0 Å². The van der Waals surface area contributed by atoms with E-state index in [0.29, 0.717) is 6.21 Å². The number of rotatable bonds is 3. The molecule has 0 aliphatic heterocycles. The lowest BCUT2D eigenvalue weighted by Gasteiger charge is -1.90. The van der Waals surface area contributed by atoms with Crippen molar-refractivity contribution in [1.29, 1.82) is 0 Å². The molecule has 0 heterocycles. The van der Waals surface area contributed by atoms with Crippen LogP contribution >= 0.6 is 0 Å². The van der Waals surface area contributed by atoms with Crippen LogP contribution in [0.4, 0.5) is 0 Å². The lowest BCUT2D eigenvalue weighted by Crippen LogP contribution is -2.00. The Morgan fingerprint density at radius 2 is 2.07 bits per heavy atom.